The van der Waals surface area contributed by atoms with Crippen LogP contribution in [0, 0.1) is 0 Å². The van der Waals surface area contributed by atoms with Crippen LogP contribution in [0.15, 0.2) is 0 Å². The highest BCUT2D eigenvalue weighted by Crippen LogP contribution is 1.90. The summed E-state index contributed by atoms with van der Waals surface area (Å²) in [5.41, 5.74) is 0. The summed E-state index contributed by atoms with van der Waals surface area (Å²) in [6, 6.07) is 0. The van der Waals surface area contributed by atoms with E-state index in [1.165, 1.54) is 14.2 Å². The lowest BCUT2D eigenvalue weighted by atomic mass is 10.7. The second-order valence-corrected chi connectivity index (χ2v) is 1.73. The van der Waals surface area contributed by atoms with E-state index < -0.39 is 12.3 Å². The number of rotatable bonds is 4. The van der Waals surface area contributed by atoms with Gasteiger partial charge >= 0.3 is 5.97 Å². The van der Waals surface area contributed by atoms with Crippen molar-refractivity contribution in [1.29, 1.82) is 0 Å². The molecule has 0 aliphatic carbocycles. The number of hydrogen-bond acceptors (Lipinski definition) is 4. The van der Waals surface area contributed by atoms with Crippen LogP contribution in [0.1, 0.15) is 6.92 Å². The van der Waals surface area contributed by atoms with Crippen LogP contribution >= 0.6 is 0 Å². The van der Waals surface area contributed by atoms with Gasteiger partial charge in [-0.3, -0.25) is 0 Å². The van der Waals surface area contributed by atoms with Gasteiger partial charge < -0.3 is 14.2 Å². The molecule has 0 fully saturated rings. The van der Waals surface area contributed by atoms with Gasteiger partial charge in [0.1, 0.15) is 6.61 Å². The lowest BCUT2D eigenvalue weighted by Crippen LogP contribution is -2.19. The SMILES string of the molecule is COCC(=O)OC(C)OC. The fourth-order valence-corrected chi connectivity index (χ4v) is 0.385. The fourth-order valence-electron chi connectivity index (χ4n) is 0.385. The number of ether oxygens (including phenoxy) is 3. The third-order valence-corrected chi connectivity index (χ3v) is 0.892. The molecule has 0 bridgehead atoms. The van der Waals surface area contributed by atoms with Crippen molar-refractivity contribution in [3.8, 4) is 0 Å². The van der Waals surface area contributed by atoms with Crippen molar-refractivity contribution in [2.24, 2.45) is 0 Å². The van der Waals surface area contributed by atoms with Crippen LogP contribution in [0.5, 0.6) is 0 Å². The molecule has 0 saturated carbocycles. The normalized spacial score (nSPS) is 12.7. The molecule has 0 rings (SSSR count). The van der Waals surface area contributed by atoms with Gasteiger partial charge in [0, 0.05) is 14.2 Å². The van der Waals surface area contributed by atoms with Crippen molar-refractivity contribution in [3.63, 3.8) is 0 Å². The molecule has 0 amide bonds. The van der Waals surface area contributed by atoms with Gasteiger partial charge in [0.15, 0.2) is 6.29 Å². The quantitative estimate of drug-likeness (QED) is 0.421. The number of methoxy groups -OCH3 is 2. The zero-order chi connectivity index (χ0) is 7.98. The Morgan fingerprint density at radius 1 is 1.50 bits per heavy atom. The Hall–Kier alpha value is -0.610. The maximum Gasteiger partial charge on any atom is 0.334 e. The van der Waals surface area contributed by atoms with Crippen molar-refractivity contribution in [2.45, 2.75) is 13.2 Å². The fraction of sp³-hybridized carbons (Fsp3) is 0.833. The van der Waals surface area contributed by atoms with Gasteiger partial charge in [-0.1, -0.05) is 0 Å². The lowest BCUT2D eigenvalue weighted by Gasteiger charge is -2.09. The van der Waals surface area contributed by atoms with Crippen molar-refractivity contribution in [1.82, 2.24) is 0 Å². The van der Waals surface area contributed by atoms with Gasteiger partial charge in [-0.15, -0.1) is 0 Å². The maximum atomic E-state index is 10.6. The first-order valence-corrected chi connectivity index (χ1v) is 2.92. The summed E-state index contributed by atoms with van der Waals surface area (Å²) in [6.07, 6.45) is -0.498. The first-order chi connectivity index (χ1) is 4.70. The van der Waals surface area contributed by atoms with Crippen LogP contribution in [0.3, 0.4) is 0 Å². The van der Waals surface area contributed by atoms with Gasteiger partial charge in [0.25, 0.3) is 0 Å². The smallest absolute Gasteiger partial charge is 0.334 e. The van der Waals surface area contributed by atoms with Gasteiger partial charge in [0.05, 0.1) is 0 Å². The van der Waals surface area contributed by atoms with E-state index in [9.17, 15) is 4.79 Å². The van der Waals surface area contributed by atoms with Gasteiger partial charge in [-0.05, 0) is 6.92 Å². The zero-order valence-electron chi connectivity index (χ0n) is 6.42. The molecule has 4 heteroatoms. The molecule has 1 atom stereocenters. The minimum atomic E-state index is -0.498. The van der Waals surface area contributed by atoms with Crippen molar-refractivity contribution >= 4 is 5.97 Å². The molecular formula is C6H12O4. The second-order valence-electron chi connectivity index (χ2n) is 1.73. The number of esters is 1. The summed E-state index contributed by atoms with van der Waals surface area (Å²) in [5, 5.41) is 0. The number of carbonyl (C=O) groups excluding carboxylic acids is 1. The Morgan fingerprint density at radius 3 is 2.50 bits per heavy atom. The Kier molecular flexibility index (Phi) is 4.88. The van der Waals surface area contributed by atoms with Crippen LogP contribution in [0.4, 0.5) is 0 Å². The number of hydrogen-bond donors (Lipinski definition) is 0. The lowest BCUT2D eigenvalue weighted by molar-refractivity contribution is -0.173. The highest BCUT2D eigenvalue weighted by molar-refractivity contribution is 5.70. The van der Waals surface area contributed by atoms with E-state index in [-0.39, 0.29) is 6.61 Å². The number of carbonyl (C=O) groups is 1. The maximum absolute atomic E-state index is 10.6. The molecule has 1 unspecified atom stereocenters. The third kappa shape index (κ3) is 4.29. The molecule has 0 aromatic heterocycles. The molecule has 60 valence electrons. The third-order valence-electron chi connectivity index (χ3n) is 0.892. The molecule has 10 heavy (non-hydrogen) atoms. The molecule has 0 saturated heterocycles. The zero-order valence-corrected chi connectivity index (χ0v) is 6.42. The van der Waals surface area contributed by atoms with E-state index in [4.69, 9.17) is 0 Å². The average Bonchev–Trinajstić information content (AvgIpc) is 1.88. The van der Waals surface area contributed by atoms with Gasteiger partial charge in [-0.25, -0.2) is 4.79 Å². The molecule has 0 radical (unpaired) electrons. The standard InChI is InChI=1S/C6H12O4/c1-5(9-3)10-6(7)4-8-2/h5H,4H2,1-3H3. The molecule has 4 nitrogen and oxygen atoms in total. The highest BCUT2D eigenvalue weighted by atomic mass is 16.7. The molecule has 0 spiro atoms. The largest absolute Gasteiger partial charge is 0.434 e. The summed E-state index contributed by atoms with van der Waals surface area (Å²) >= 11 is 0. The van der Waals surface area contributed by atoms with E-state index in [2.05, 4.69) is 14.2 Å². The predicted octanol–water partition coefficient (Wildman–Crippen LogP) is 0.168. The molecule has 0 heterocycles. The molecule has 0 aromatic carbocycles. The Balaban J connectivity index is 3.37. The van der Waals surface area contributed by atoms with E-state index in [1.54, 1.807) is 6.92 Å². The van der Waals surface area contributed by atoms with E-state index in [0.717, 1.165) is 0 Å². The molecule has 0 N–H and O–H groups in total. The van der Waals surface area contributed by atoms with E-state index in [1.807, 2.05) is 0 Å². The minimum Gasteiger partial charge on any atom is -0.434 e. The summed E-state index contributed by atoms with van der Waals surface area (Å²) in [5.74, 6) is -0.420. The second kappa shape index (κ2) is 5.20. The summed E-state index contributed by atoms with van der Waals surface area (Å²) in [4.78, 5) is 10.6. The Labute approximate surface area is 60.1 Å². The van der Waals surface area contributed by atoms with Crippen molar-refractivity contribution in [3.05, 3.63) is 0 Å². The topological polar surface area (TPSA) is 44.8 Å². The monoisotopic (exact) mass is 148 g/mol. The molecule has 0 aliphatic rings. The van der Waals surface area contributed by atoms with E-state index in [0.29, 0.717) is 0 Å². The van der Waals surface area contributed by atoms with Crippen LogP contribution in [-0.2, 0) is 19.0 Å². The summed E-state index contributed by atoms with van der Waals surface area (Å²) in [6.45, 7) is 1.60. The van der Waals surface area contributed by atoms with Crippen molar-refractivity contribution < 1.29 is 19.0 Å². The van der Waals surface area contributed by atoms with Crippen molar-refractivity contribution in [2.75, 3.05) is 20.8 Å². The highest BCUT2D eigenvalue weighted by Gasteiger charge is 2.05. The minimum absolute atomic E-state index is 0.0340. The van der Waals surface area contributed by atoms with Gasteiger partial charge in [-0.2, -0.15) is 0 Å². The first-order valence-electron chi connectivity index (χ1n) is 2.92. The molecule has 0 aromatic rings. The summed E-state index contributed by atoms with van der Waals surface area (Å²) in [7, 11) is 2.89. The first kappa shape index (κ1) is 9.39. The molecular weight excluding hydrogens is 136 g/mol. The Bertz CT molecular complexity index is 102. The van der Waals surface area contributed by atoms with Crippen LogP contribution in [-0.4, -0.2) is 33.1 Å². The van der Waals surface area contributed by atoms with Gasteiger partial charge in [0.2, 0.25) is 0 Å². The average molecular weight is 148 g/mol. The van der Waals surface area contributed by atoms with E-state index >= 15 is 0 Å². The van der Waals surface area contributed by atoms with Crippen LogP contribution in [0.25, 0.3) is 0 Å². The molecule has 0 aliphatic heterocycles. The Morgan fingerprint density at radius 2 is 2.10 bits per heavy atom. The van der Waals surface area contributed by atoms with Crippen LogP contribution < -0.4 is 0 Å². The van der Waals surface area contributed by atoms with Crippen LogP contribution in [0.2, 0.25) is 0 Å². The summed E-state index contributed by atoms with van der Waals surface area (Å²) < 4.78 is 13.8. The predicted molar refractivity (Wildman–Crippen MR) is 34.4 cm³/mol.